The van der Waals surface area contributed by atoms with Gasteiger partial charge < -0.3 is 5.32 Å². The fourth-order valence-corrected chi connectivity index (χ4v) is 3.29. The maximum Gasteiger partial charge on any atom is 0.0982 e. The summed E-state index contributed by atoms with van der Waals surface area (Å²) in [6.45, 7) is 10.1. The summed E-state index contributed by atoms with van der Waals surface area (Å²) in [7, 11) is 2.06. The summed E-state index contributed by atoms with van der Waals surface area (Å²) in [6.07, 6.45) is 2.60. The van der Waals surface area contributed by atoms with Gasteiger partial charge in [0.05, 0.1) is 10.7 Å². The molecular weight excluding hydrogens is 242 g/mol. The number of piperidine rings is 1. The van der Waals surface area contributed by atoms with Gasteiger partial charge in [0.2, 0.25) is 0 Å². The molecule has 1 unspecified atom stereocenters. The van der Waals surface area contributed by atoms with Crippen LogP contribution in [0.1, 0.15) is 44.3 Å². The van der Waals surface area contributed by atoms with Gasteiger partial charge >= 0.3 is 0 Å². The van der Waals surface area contributed by atoms with Gasteiger partial charge in [-0.3, -0.25) is 4.90 Å². The molecule has 3 nitrogen and oxygen atoms in total. The van der Waals surface area contributed by atoms with Gasteiger partial charge in [-0.25, -0.2) is 4.98 Å². The van der Waals surface area contributed by atoms with E-state index in [0.717, 1.165) is 13.1 Å². The Bertz CT molecular complexity index is 381. The first-order valence-corrected chi connectivity index (χ1v) is 7.71. The average Bonchev–Trinajstić information content (AvgIpc) is 2.77. The molecule has 0 saturated carbocycles. The normalized spacial score (nSPS) is 22.3. The largest absolute Gasteiger partial charge is 0.316 e. The summed E-state index contributed by atoms with van der Waals surface area (Å²) in [5.41, 5.74) is 1.42. The van der Waals surface area contributed by atoms with Crippen molar-refractivity contribution in [3.63, 3.8) is 0 Å². The van der Waals surface area contributed by atoms with E-state index in [9.17, 15) is 0 Å². The molecule has 1 fully saturated rings. The van der Waals surface area contributed by atoms with Crippen molar-refractivity contribution in [2.75, 3.05) is 20.1 Å². The molecule has 4 heteroatoms. The predicted molar refractivity (Wildman–Crippen MR) is 78.2 cm³/mol. The van der Waals surface area contributed by atoms with Crippen molar-refractivity contribution in [2.45, 2.75) is 51.6 Å². The number of hydrogen-bond acceptors (Lipinski definition) is 4. The third-order valence-electron chi connectivity index (χ3n) is 3.49. The molecule has 1 aromatic heterocycles. The van der Waals surface area contributed by atoms with Crippen molar-refractivity contribution in [3.05, 3.63) is 16.1 Å². The van der Waals surface area contributed by atoms with E-state index in [0.29, 0.717) is 6.04 Å². The predicted octanol–water partition coefficient (Wildman–Crippen LogP) is 2.62. The molecule has 1 atom stereocenters. The molecule has 1 aliphatic heterocycles. The SMILES string of the molecule is CNC1CCCN(Cc2csc(C(C)(C)C)n2)C1. The number of nitrogens with one attached hydrogen (secondary N) is 1. The van der Waals surface area contributed by atoms with E-state index in [1.54, 1.807) is 11.3 Å². The lowest BCUT2D eigenvalue weighted by molar-refractivity contribution is 0.186. The van der Waals surface area contributed by atoms with E-state index in [-0.39, 0.29) is 5.41 Å². The van der Waals surface area contributed by atoms with E-state index in [1.807, 2.05) is 0 Å². The van der Waals surface area contributed by atoms with Crippen molar-refractivity contribution in [3.8, 4) is 0 Å². The second-order valence-corrected chi connectivity index (χ2v) is 7.12. The van der Waals surface area contributed by atoms with Crippen molar-refractivity contribution in [2.24, 2.45) is 0 Å². The van der Waals surface area contributed by atoms with Crippen LogP contribution in [0.25, 0.3) is 0 Å². The summed E-state index contributed by atoms with van der Waals surface area (Å²) >= 11 is 1.80. The minimum absolute atomic E-state index is 0.179. The van der Waals surface area contributed by atoms with Crippen molar-refractivity contribution >= 4 is 11.3 Å². The Kier molecular flexibility index (Phi) is 4.41. The number of likely N-dealkylation sites (tertiary alicyclic amines) is 1. The molecule has 1 aromatic rings. The van der Waals surface area contributed by atoms with E-state index in [2.05, 4.69) is 43.4 Å². The summed E-state index contributed by atoms with van der Waals surface area (Å²) < 4.78 is 0. The summed E-state index contributed by atoms with van der Waals surface area (Å²) in [4.78, 5) is 7.30. The van der Waals surface area contributed by atoms with E-state index >= 15 is 0 Å². The van der Waals surface area contributed by atoms with Gasteiger partial charge in [0, 0.05) is 29.9 Å². The van der Waals surface area contributed by atoms with E-state index in [1.165, 1.54) is 30.1 Å². The third kappa shape index (κ3) is 3.53. The molecule has 0 bridgehead atoms. The zero-order chi connectivity index (χ0) is 13.2. The lowest BCUT2D eigenvalue weighted by atomic mass is 9.98. The number of thiazole rings is 1. The molecule has 2 rings (SSSR count). The first kappa shape index (κ1) is 14.0. The molecule has 18 heavy (non-hydrogen) atoms. The van der Waals surface area contributed by atoms with Crippen LogP contribution in [0.4, 0.5) is 0 Å². The molecule has 102 valence electrons. The smallest absolute Gasteiger partial charge is 0.0982 e. The molecule has 0 radical (unpaired) electrons. The lowest BCUT2D eigenvalue weighted by Gasteiger charge is -2.31. The summed E-state index contributed by atoms with van der Waals surface area (Å²) in [5, 5.41) is 6.87. The van der Waals surface area contributed by atoms with Crippen LogP contribution in [0.15, 0.2) is 5.38 Å². The van der Waals surface area contributed by atoms with Crippen LogP contribution in [0.5, 0.6) is 0 Å². The Hall–Kier alpha value is -0.450. The maximum absolute atomic E-state index is 4.78. The number of aromatic nitrogens is 1. The van der Waals surface area contributed by atoms with Crippen molar-refractivity contribution < 1.29 is 0 Å². The van der Waals surface area contributed by atoms with E-state index < -0.39 is 0 Å². The minimum Gasteiger partial charge on any atom is -0.316 e. The zero-order valence-electron chi connectivity index (χ0n) is 12.0. The highest BCUT2D eigenvalue weighted by molar-refractivity contribution is 7.09. The molecule has 0 aromatic carbocycles. The Morgan fingerprint density at radius 1 is 1.50 bits per heavy atom. The van der Waals surface area contributed by atoms with Crippen LogP contribution in [-0.2, 0) is 12.0 Å². The van der Waals surface area contributed by atoms with Crippen LogP contribution in [0.2, 0.25) is 0 Å². The Balaban J connectivity index is 1.95. The first-order valence-electron chi connectivity index (χ1n) is 6.83. The Morgan fingerprint density at radius 2 is 2.28 bits per heavy atom. The second-order valence-electron chi connectivity index (χ2n) is 6.26. The molecule has 0 spiro atoms. The molecule has 2 heterocycles. The fourth-order valence-electron chi connectivity index (χ4n) is 2.39. The van der Waals surface area contributed by atoms with Crippen LogP contribution < -0.4 is 5.32 Å². The quantitative estimate of drug-likeness (QED) is 0.912. The molecule has 0 aliphatic carbocycles. The fraction of sp³-hybridized carbons (Fsp3) is 0.786. The first-order chi connectivity index (χ1) is 8.49. The number of rotatable bonds is 3. The molecule has 0 amide bonds. The highest BCUT2D eigenvalue weighted by Crippen LogP contribution is 2.26. The average molecular weight is 267 g/mol. The Morgan fingerprint density at radius 3 is 2.89 bits per heavy atom. The number of likely N-dealkylation sites (N-methyl/N-ethyl adjacent to an activating group) is 1. The molecule has 1 N–H and O–H groups in total. The molecule has 1 saturated heterocycles. The van der Waals surface area contributed by atoms with Crippen LogP contribution in [0.3, 0.4) is 0 Å². The van der Waals surface area contributed by atoms with Crippen LogP contribution in [-0.4, -0.2) is 36.1 Å². The maximum atomic E-state index is 4.78. The van der Waals surface area contributed by atoms with Gasteiger partial charge in [-0.05, 0) is 26.4 Å². The lowest BCUT2D eigenvalue weighted by Crippen LogP contribution is -2.43. The van der Waals surface area contributed by atoms with E-state index in [4.69, 9.17) is 4.98 Å². The standard InChI is InChI=1S/C14H25N3S/c1-14(2,3)13-16-12(10-18-13)9-17-7-5-6-11(8-17)15-4/h10-11,15H,5-9H2,1-4H3. The van der Waals surface area contributed by atoms with Gasteiger partial charge in [-0.2, -0.15) is 0 Å². The van der Waals surface area contributed by atoms with Crippen LogP contribution >= 0.6 is 11.3 Å². The molecular formula is C14H25N3S. The summed E-state index contributed by atoms with van der Waals surface area (Å²) in [6, 6.07) is 0.652. The minimum atomic E-state index is 0.179. The highest BCUT2D eigenvalue weighted by Gasteiger charge is 2.21. The second kappa shape index (κ2) is 5.68. The number of nitrogens with zero attached hydrogens (tertiary/aromatic N) is 2. The number of hydrogen-bond donors (Lipinski definition) is 1. The zero-order valence-corrected chi connectivity index (χ0v) is 12.8. The van der Waals surface area contributed by atoms with Crippen molar-refractivity contribution in [1.29, 1.82) is 0 Å². The van der Waals surface area contributed by atoms with Gasteiger partial charge in [-0.15, -0.1) is 11.3 Å². The van der Waals surface area contributed by atoms with Gasteiger partial charge in [0.1, 0.15) is 0 Å². The summed E-state index contributed by atoms with van der Waals surface area (Å²) in [5.74, 6) is 0. The van der Waals surface area contributed by atoms with Crippen LogP contribution in [0, 0.1) is 0 Å². The van der Waals surface area contributed by atoms with Gasteiger partial charge in [0.15, 0.2) is 0 Å². The molecule has 1 aliphatic rings. The topological polar surface area (TPSA) is 28.2 Å². The van der Waals surface area contributed by atoms with Crippen molar-refractivity contribution in [1.82, 2.24) is 15.2 Å². The third-order valence-corrected chi connectivity index (χ3v) is 4.81. The Labute approximate surface area is 115 Å². The van der Waals surface area contributed by atoms with Gasteiger partial charge in [-0.1, -0.05) is 20.8 Å². The monoisotopic (exact) mass is 267 g/mol. The van der Waals surface area contributed by atoms with Gasteiger partial charge in [0.25, 0.3) is 0 Å². The highest BCUT2D eigenvalue weighted by atomic mass is 32.1.